The summed E-state index contributed by atoms with van der Waals surface area (Å²) in [6.07, 6.45) is 3.31. The summed E-state index contributed by atoms with van der Waals surface area (Å²) in [5.74, 6) is 0.207. The van der Waals surface area contributed by atoms with Crippen molar-refractivity contribution in [3.63, 3.8) is 0 Å². The van der Waals surface area contributed by atoms with Gasteiger partial charge in [-0.3, -0.25) is 4.98 Å². The fraction of sp³-hybridized carbons (Fsp3) is 0.308. The molecule has 0 aliphatic carbocycles. The maximum atomic E-state index is 12.7. The topological polar surface area (TPSA) is 50.3 Å². The van der Waals surface area contributed by atoms with Gasteiger partial charge in [-0.1, -0.05) is 6.92 Å². The summed E-state index contributed by atoms with van der Waals surface area (Å²) in [6.45, 7) is 2.56. The van der Waals surface area contributed by atoms with Crippen molar-refractivity contribution in [3.05, 3.63) is 46.4 Å². The van der Waals surface area contributed by atoms with E-state index in [2.05, 4.69) is 4.98 Å². The van der Waals surface area contributed by atoms with Crippen LogP contribution in [0.1, 0.15) is 17.4 Å². The average Bonchev–Trinajstić information content (AvgIpc) is 2.95. The molecular formula is C13H15ClN2O2S2. The standard InChI is InChI=1S/C13H15ClN2O2S2/c1-2-16(10-11-3-6-15-7-4-11)20(17,18)13-5-8-19-12(13)9-14/h3-8H,2,9-10H2,1H3. The van der Waals surface area contributed by atoms with E-state index in [4.69, 9.17) is 11.6 Å². The first-order chi connectivity index (χ1) is 9.59. The van der Waals surface area contributed by atoms with Crippen LogP contribution >= 0.6 is 22.9 Å². The van der Waals surface area contributed by atoms with E-state index in [-0.39, 0.29) is 5.88 Å². The lowest BCUT2D eigenvalue weighted by atomic mass is 10.3. The molecule has 0 bridgehead atoms. The fourth-order valence-corrected chi connectivity index (χ4v) is 4.97. The molecule has 0 N–H and O–H groups in total. The lowest BCUT2D eigenvalue weighted by molar-refractivity contribution is 0.423. The average molecular weight is 331 g/mol. The lowest BCUT2D eigenvalue weighted by Crippen LogP contribution is -2.30. The molecule has 0 unspecified atom stereocenters. The van der Waals surface area contributed by atoms with E-state index in [9.17, 15) is 8.42 Å². The Bertz CT molecular complexity index is 656. The number of hydrogen-bond acceptors (Lipinski definition) is 4. The Kier molecular flexibility index (Phi) is 5.15. The van der Waals surface area contributed by atoms with Crippen molar-refractivity contribution in [2.24, 2.45) is 0 Å². The van der Waals surface area contributed by atoms with Gasteiger partial charge in [-0.05, 0) is 29.1 Å². The number of rotatable bonds is 6. The van der Waals surface area contributed by atoms with E-state index in [1.807, 2.05) is 19.1 Å². The molecule has 2 aromatic rings. The quantitative estimate of drug-likeness (QED) is 0.765. The van der Waals surface area contributed by atoms with Gasteiger partial charge in [-0.2, -0.15) is 4.31 Å². The van der Waals surface area contributed by atoms with Gasteiger partial charge in [0.25, 0.3) is 0 Å². The number of sulfonamides is 1. The molecule has 20 heavy (non-hydrogen) atoms. The first kappa shape index (κ1) is 15.4. The molecule has 4 nitrogen and oxygen atoms in total. The van der Waals surface area contributed by atoms with Crippen molar-refractivity contribution < 1.29 is 8.42 Å². The van der Waals surface area contributed by atoms with E-state index in [1.54, 1.807) is 23.8 Å². The van der Waals surface area contributed by atoms with Gasteiger partial charge < -0.3 is 0 Å². The molecule has 0 fully saturated rings. The van der Waals surface area contributed by atoms with E-state index in [1.165, 1.54) is 15.6 Å². The van der Waals surface area contributed by atoms with Crippen LogP contribution in [0.15, 0.2) is 40.9 Å². The van der Waals surface area contributed by atoms with E-state index < -0.39 is 10.0 Å². The molecule has 0 saturated heterocycles. The Morgan fingerprint density at radius 3 is 2.60 bits per heavy atom. The van der Waals surface area contributed by atoms with Crippen molar-refractivity contribution in [1.29, 1.82) is 0 Å². The van der Waals surface area contributed by atoms with Crippen LogP contribution in [0.3, 0.4) is 0 Å². The smallest absolute Gasteiger partial charge is 0.244 e. The molecule has 2 rings (SSSR count). The Morgan fingerprint density at radius 2 is 2.00 bits per heavy atom. The molecule has 0 aliphatic rings. The molecule has 0 aliphatic heterocycles. The molecule has 0 aromatic carbocycles. The summed E-state index contributed by atoms with van der Waals surface area (Å²) in [6, 6.07) is 5.25. The highest BCUT2D eigenvalue weighted by Gasteiger charge is 2.26. The molecule has 0 atom stereocenters. The van der Waals surface area contributed by atoms with Crippen LogP contribution in [0.4, 0.5) is 0 Å². The number of aromatic nitrogens is 1. The summed E-state index contributed by atoms with van der Waals surface area (Å²) in [5, 5.41) is 1.75. The molecule has 0 amide bonds. The second-order valence-electron chi connectivity index (χ2n) is 4.13. The van der Waals surface area contributed by atoms with Crippen LogP contribution in [-0.4, -0.2) is 24.3 Å². The van der Waals surface area contributed by atoms with Gasteiger partial charge in [0.05, 0.1) is 10.8 Å². The molecule has 108 valence electrons. The predicted octanol–water partition coefficient (Wildman–Crippen LogP) is 3.09. The monoisotopic (exact) mass is 330 g/mol. The Morgan fingerprint density at radius 1 is 1.30 bits per heavy atom. The number of thiophene rings is 1. The maximum Gasteiger partial charge on any atom is 0.244 e. The largest absolute Gasteiger partial charge is 0.265 e. The Hall–Kier alpha value is -0.950. The predicted molar refractivity (Wildman–Crippen MR) is 81.4 cm³/mol. The number of halogens is 1. The van der Waals surface area contributed by atoms with Gasteiger partial charge in [0.2, 0.25) is 10.0 Å². The van der Waals surface area contributed by atoms with Crippen molar-refractivity contribution >= 4 is 33.0 Å². The van der Waals surface area contributed by atoms with Crippen LogP contribution < -0.4 is 0 Å². The van der Waals surface area contributed by atoms with Crippen molar-refractivity contribution in [2.45, 2.75) is 24.2 Å². The molecule has 0 saturated carbocycles. The first-order valence-electron chi connectivity index (χ1n) is 6.11. The van der Waals surface area contributed by atoms with Gasteiger partial charge in [-0.25, -0.2) is 8.42 Å². The summed E-state index contributed by atoms with van der Waals surface area (Å²) in [5.41, 5.74) is 0.910. The zero-order chi connectivity index (χ0) is 14.6. The summed E-state index contributed by atoms with van der Waals surface area (Å²) in [4.78, 5) is 4.93. The number of pyridine rings is 1. The SMILES string of the molecule is CCN(Cc1ccncc1)S(=O)(=O)c1ccsc1CCl. The number of nitrogens with zero attached hydrogens (tertiary/aromatic N) is 2. The maximum absolute atomic E-state index is 12.7. The first-order valence-corrected chi connectivity index (χ1v) is 8.96. The normalized spacial score (nSPS) is 11.9. The fourth-order valence-electron chi connectivity index (χ4n) is 1.85. The minimum Gasteiger partial charge on any atom is -0.265 e. The Labute approximate surface area is 128 Å². The van der Waals surface area contributed by atoms with E-state index in [0.29, 0.717) is 22.9 Å². The molecule has 7 heteroatoms. The minimum absolute atomic E-state index is 0.207. The van der Waals surface area contributed by atoms with Crippen molar-refractivity contribution in [2.75, 3.05) is 6.54 Å². The van der Waals surface area contributed by atoms with E-state index in [0.717, 1.165) is 5.56 Å². The van der Waals surface area contributed by atoms with Gasteiger partial charge in [0.1, 0.15) is 0 Å². The van der Waals surface area contributed by atoms with Gasteiger partial charge >= 0.3 is 0 Å². The molecular weight excluding hydrogens is 316 g/mol. The van der Waals surface area contributed by atoms with Crippen molar-refractivity contribution in [3.8, 4) is 0 Å². The molecule has 2 heterocycles. The van der Waals surface area contributed by atoms with Gasteiger partial charge in [0.15, 0.2) is 0 Å². The third-order valence-corrected chi connectivity index (χ3v) is 6.39. The summed E-state index contributed by atoms with van der Waals surface area (Å²) >= 11 is 7.17. The second kappa shape index (κ2) is 6.67. The highest BCUT2D eigenvalue weighted by molar-refractivity contribution is 7.89. The highest BCUT2D eigenvalue weighted by atomic mass is 35.5. The van der Waals surface area contributed by atoms with Crippen LogP contribution in [-0.2, 0) is 22.4 Å². The third kappa shape index (κ3) is 3.20. The Balaban J connectivity index is 2.31. The number of alkyl halides is 1. The minimum atomic E-state index is -3.51. The third-order valence-electron chi connectivity index (χ3n) is 2.90. The van der Waals surface area contributed by atoms with Gasteiger partial charge in [-0.15, -0.1) is 22.9 Å². The molecule has 0 radical (unpaired) electrons. The van der Waals surface area contributed by atoms with Crippen LogP contribution in [0.2, 0.25) is 0 Å². The zero-order valence-electron chi connectivity index (χ0n) is 11.0. The van der Waals surface area contributed by atoms with Crippen LogP contribution in [0, 0.1) is 0 Å². The summed E-state index contributed by atoms with van der Waals surface area (Å²) in [7, 11) is -3.51. The van der Waals surface area contributed by atoms with E-state index >= 15 is 0 Å². The van der Waals surface area contributed by atoms with Crippen LogP contribution in [0.25, 0.3) is 0 Å². The highest BCUT2D eigenvalue weighted by Crippen LogP contribution is 2.27. The zero-order valence-corrected chi connectivity index (χ0v) is 13.4. The lowest BCUT2D eigenvalue weighted by Gasteiger charge is -2.20. The van der Waals surface area contributed by atoms with Crippen LogP contribution in [0.5, 0.6) is 0 Å². The van der Waals surface area contributed by atoms with Gasteiger partial charge in [0, 0.05) is 30.4 Å². The number of hydrogen-bond donors (Lipinski definition) is 0. The molecule has 2 aromatic heterocycles. The summed E-state index contributed by atoms with van der Waals surface area (Å²) < 4.78 is 26.8. The molecule has 0 spiro atoms. The van der Waals surface area contributed by atoms with Crippen molar-refractivity contribution in [1.82, 2.24) is 9.29 Å². The second-order valence-corrected chi connectivity index (χ2v) is 7.30.